The van der Waals surface area contributed by atoms with Crippen molar-refractivity contribution in [3.05, 3.63) is 71.7 Å². The molecule has 0 spiro atoms. The topological polar surface area (TPSA) is 63.5 Å². The summed E-state index contributed by atoms with van der Waals surface area (Å²) in [5.41, 5.74) is 3.39. The molecule has 0 saturated heterocycles. The van der Waals surface area contributed by atoms with E-state index in [4.69, 9.17) is 0 Å². The molecule has 0 aliphatic carbocycles. The van der Waals surface area contributed by atoms with Gasteiger partial charge in [-0.2, -0.15) is 0 Å². The molecule has 0 saturated carbocycles. The number of carbonyl (C=O) groups is 2. The lowest BCUT2D eigenvalue weighted by molar-refractivity contribution is -0.121. The number of carbonyl (C=O) groups excluding carboxylic acids is 2. The molecule has 1 aromatic carbocycles. The maximum Gasteiger partial charge on any atom is 0.220 e. The number of hydrogen-bond acceptors (Lipinski definition) is 3. The normalized spacial score (nSPS) is 10.7. The zero-order chi connectivity index (χ0) is 16.9. The number of aryl methyl sites for hydroxylation is 1. The molecule has 2 aromatic heterocycles. The summed E-state index contributed by atoms with van der Waals surface area (Å²) in [6, 6.07) is 14.9. The summed E-state index contributed by atoms with van der Waals surface area (Å²) < 4.78 is 1.99. The van der Waals surface area contributed by atoms with Crippen molar-refractivity contribution in [2.45, 2.75) is 26.3 Å². The number of nitrogens with zero attached hydrogens (tertiary/aromatic N) is 2. The van der Waals surface area contributed by atoms with E-state index in [-0.39, 0.29) is 24.5 Å². The van der Waals surface area contributed by atoms with Gasteiger partial charge in [0.05, 0.1) is 12.2 Å². The average molecular weight is 321 g/mol. The molecule has 24 heavy (non-hydrogen) atoms. The summed E-state index contributed by atoms with van der Waals surface area (Å²) in [6.07, 6.45) is 2.31. The molecule has 3 rings (SSSR count). The highest BCUT2D eigenvalue weighted by Crippen LogP contribution is 2.09. The Hall–Kier alpha value is -2.95. The number of fused-ring (bicyclic) bond motifs is 1. The lowest BCUT2D eigenvalue weighted by Gasteiger charge is -2.03. The first-order chi connectivity index (χ1) is 11.6. The van der Waals surface area contributed by atoms with E-state index in [1.807, 2.05) is 53.9 Å². The fourth-order valence-corrected chi connectivity index (χ4v) is 2.56. The van der Waals surface area contributed by atoms with Gasteiger partial charge in [0.1, 0.15) is 5.65 Å². The third-order valence-electron chi connectivity index (χ3n) is 3.89. The van der Waals surface area contributed by atoms with Crippen LogP contribution in [0.15, 0.2) is 54.7 Å². The maximum absolute atomic E-state index is 12.0. The predicted molar refractivity (Wildman–Crippen MR) is 91.8 cm³/mol. The largest absolute Gasteiger partial charge is 0.350 e. The highest BCUT2D eigenvalue weighted by molar-refractivity contribution is 5.97. The SMILES string of the molecule is Cc1cccc2nc(CNC(=O)CCC(=O)c3ccccc3)cn12. The molecule has 3 aromatic rings. The minimum Gasteiger partial charge on any atom is -0.350 e. The summed E-state index contributed by atoms with van der Waals surface area (Å²) in [5.74, 6) is -0.165. The lowest BCUT2D eigenvalue weighted by atomic mass is 10.1. The first-order valence-corrected chi connectivity index (χ1v) is 7.92. The highest BCUT2D eigenvalue weighted by atomic mass is 16.2. The van der Waals surface area contributed by atoms with Crippen LogP contribution in [-0.2, 0) is 11.3 Å². The number of hydrogen-bond donors (Lipinski definition) is 1. The van der Waals surface area contributed by atoms with E-state index in [1.165, 1.54) is 0 Å². The van der Waals surface area contributed by atoms with Crippen LogP contribution in [0.25, 0.3) is 5.65 Å². The Labute approximate surface area is 140 Å². The molecule has 5 heteroatoms. The number of aromatic nitrogens is 2. The van der Waals surface area contributed by atoms with E-state index >= 15 is 0 Å². The van der Waals surface area contributed by atoms with Crippen LogP contribution in [-0.4, -0.2) is 21.1 Å². The third kappa shape index (κ3) is 3.68. The first kappa shape index (κ1) is 15.9. The summed E-state index contributed by atoms with van der Waals surface area (Å²) >= 11 is 0. The highest BCUT2D eigenvalue weighted by Gasteiger charge is 2.10. The van der Waals surface area contributed by atoms with E-state index in [0.717, 1.165) is 17.0 Å². The van der Waals surface area contributed by atoms with Gasteiger partial charge < -0.3 is 9.72 Å². The van der Waals surface area contributed by atoms with Crippen LogP contribution >= 0.6 is 0 Å². The Balaban J connectivity index is 1.52. The second-order valence-electron chi connectivity index (χ2n) is 5.69. The van der Waals surface area contributed by atoms with Gasteiger partial charge in [-0.25, -0.2) is 4.98 Å². The Morgan fingerprint density at radius 1 is 1.04 bits per heavy atom. The molecular formula is C19H19N3O2. The smallest absolute Gasteiger partial charge is 0.220 e. The van der Waals surface area contributed by atoms with E-state index in [9.17, 15) is 9.59 Å². The van der Waals surface area contributed by atoms with Crippen LogP contribution in [0, 0.1) is 6.92 Å². The zero-order valence-electron chi connectivity index (χ0n) is 13.5. The predicted octanol–water partition coefficient (Wildman–Crippen LogP) is 2.92. The standard InChI is InChI=1S/C19H19N3O2/c1-14-6-5-9-18-21-16(13-22(14)18)12-20-19(24)11-10-17(23)15-7-3-2-4-8-15/h2-9,13H,10-12H2,1H3,(H,20,24). The van der Waals surface area contributed by atoms with E-state index in [2.05, 4.69) is 10.3 Å². The summed E-state index contributed by atoms with van der Waals surface area (Å²) in [6.45, 7) is 2.37. The number of imidazole rings is 1. The number of rotatable bonds is 6. The van der Waals surface area contributed by atoms with Crippen LogP contribution in [0.1, 0.15) is 34.6 Å². The van der Waals surface area contributed by atoms with Crippen LogP contribution < -0.4 is 5.32 Å². The number of pyridine rings is 1. The van der Waals surface area contributed by atoms with Crippen molar-refractivity contribution in [2.75, 3.05) is 0 Å². The van der Waals surface area contributed by atoms with E-state index in [0.29, 0.717) is 12.1 Å². The molecule has 0 bridgehead atoms. The number of nitrogens with one attached hydrogen (secondary N) is 1. The molecule has 2 heterocycles. The fraction of sp³-hybridized carbons (Fsp3) is 0.211. The van der Waals surface area contributed by atoms with Crippen molar-refractivity contribution in [2.24, 2.45) is 0 Å². The number of benzene rings is 1. The van der Waals surface area contributed by atoms with Crippen molar-refractivity contribution in [3.63, 3.8) is 0 Å². The molecule has 0 radical (unpaired) electrons. The van der Waals surface area contributed by atoms with Gasteiger partial charge in [-0.05, 0) is 19.1 Å². The van der Waals surface area contributed by atoms with Crippen molar-refractivity contribution in [1.29, 1.82) is 0 Å². The molecule has 0 unspecified atom stereocenters. The summed E-state index contributed by atoms with van der Waals surface area (Å²) in [7, 11) is 0. The average Bonchev–Trinajstić information content (AvgIpc) is 3.03. The summed E-state index contributed by atoms with van der Waals surface area (Å²) in [5, 5.41) is 2.82. The van der Waals surface area contributed by atoms with Gasteiger partial charge in [-0.15, -0.1) is 0 Å². The Bertz CT molecular complexity index is 869. The Morgan fingerprint density at radius 2 is 1.83 bits per heavy atom. The quantitative estimate of drug-likeness (QED) is 0.710. The molecule has 0 fully saturated rings. The Morgan fingerprint density at radius 3 is 2.58 bits per heavy atom. The van der Waals surface area contributed by atoms with Crippen LogP contribution in [0.4, 0.5) is 0 Å². The molecule has 1 N–H and O–H groups in total. The van der Waals surface area contributed by atoms with Crippen molar-refractivity contribution in [3.8, 4) is 0 Å². The second kappa shape index (κ2) is 7.08. The van der Waals surface area contributed by atoms with Gasteiger partial charge in [-0.3, -0.25) is 9.59 Å². The van der Waals surface area contributed by atoms with Crippen molar-refractivity contribution in [1.82, 2.24) is 14.7 Å². The van der Waals surface area contributed by atoms with Gasteiger partial charge in [0, 0.05) is 30.3 Å². The summed E-state index contributed by atoms with van der Waals surface area (Å²) in [4.78, 5) is 28.4. The Kier molecular flexibility index (Phi) is 4.70. The number of Topliss-reactive ketones (excluding diaryl/α,β-unsaturated/α-hetero) is 1. The van der Waals surface area contributed by atoms with Crippen molar-refractivity contribution >= 4 is 17.3 Å². The van der Waals surface area contributed by atoms with E-state index in [1.54, 1.807) is 12.1 Å². The molecule has 0 atom stereocenters. The molecule has 0 aliphatic heterocycles. The minimum absolute atomic E-state index is 0.0193. The van der Waals surface area contributed by atoms with Crippen LogP contribution in [0.3, 0.4) is 0 Å². The van der Waals surface area contributed by atoms with Crippen LogP contribution in [0.2, 0.25) is 0 Å². The molecular weight excluding hydrogens is 302 g/mol. The minimum atomic E-state index is -0.145. The molecule has 1 amide bonds. The van der Waals surface area contributed by atoms with Crippen LogP contribution in [0.5, 0.6) is 0 Å². The lowest BCUT2D eigenvalue weighted by Crippen LogP contribution is -2.23. The maximum atomic E-state index is 12.0. The molecule has 122 valence electrons. The van der Waals surface area contributed by atoms with Gasteiger partial charge in [0.15, 0.2) is 5.78 Å². The number of amides is 1. The van der Waals surface area contributed by atoms with E-state index < -0.39 is 0 Å². The number of ketones is 1. The molecule has 0 aliphatic rings. The zero-order valence-corrected chi connectivity index (χ0v) is 13.5. The fourth-order valence-electron chi connectivity index (χ4n) is 2.56. The second-order valence-corrected chi connectivity index (χ2v) is 5.69. The van der Waals surface area contributed by atoms with Gasteiger partial charge in [0.2, 0.25) is 5.91 Å². The van der Waals surface area contributed by atoms with Crippen molar-refractivity contribution < 1.29 is 9.59 Å². The van der Waals surface area contributed by atoms with Gasteiger partial charge in [0.25, 0.3) is 0 Å². The first-order valence-electron chi connectivity index (χ1n) is 7.92. The monoisotopic (exact) mass is 321 g/mol. The van der Waals surface area contributed by atoms with Gasteiger partial charge >= 0.3 is 0 Å². The van der Waals surface area contributed by atoms with Gasteiger partial charge in [-0.1, -0.05) is 36.4 Å². The third-order valence-corrected chi connectivity index (χ3v) is 3.89. The molecule has 5 nitrogen and oxygen atoms in total.